The zero-order valence-corrected chi connectivity index (χ0v) is 23.1. The standard InChI is InChI=1S/C29H34FN3O4S/c1-20(2)31-29(35)23(5)32(18-24-11-9-10-14-26(24)30)28(34)19-33(27-16-15-21(3)17-22(27)4)38(36,37)25-12-7-6-8-13-25/h6-17,20,23H,18-19H2,1-5H3,(H,31,35)/t23-/m0/s1. The maximum absolute atomic E-state index is 14.6. The van der Waals surface area contributed by atoms with Crippen LogP contribution < -0.4 is 9.62 Å². The van der Waals surface area contributed by atoms with Crippen molar-refractivity contribution in [3.63, 3.8) is 0 Å². The molecule has 202 valence electrons. The molecule has 0 unspecified atom stereocenters. The first-order valence-corrected chi connectivity index (χ1v) is 13.8. The summed E-state index contributed by atoms with van der Waals surface area (Å²) in [5.74, 6) is -1.59. The largest absolute Gasteiger partial charge is 0.352 e. The minimum absolute atomic E-state index is 0.0269. The second kappa shape index (κ2) is 12.2. The number of carbonyl (C=O) groups is 2. The number of rotatable bonds is 10. The molecule has 9 heteroatoms. The van der Waals surface area contributed by atoms with Crippen LogP contribution in [0.2, 0.25) is 0 Å². The molecule has 2 amide bonds. The summed E-state index contributed by atoms with van der Waals surface area (Å²) in [5, 5.41) is 2.78. The predicted molar refractivity (Wildman–Crippen MR) is 147 cm³/mol. The third-order valence-electron chi connectivity index (χ3n) is 6.13. The summed E-state index contributed by atoms with van der Waals surface area (Å²) in [5.41, 5.74) is 2.17. The number of carbonyl (C=O) groups excluding carboxylic acids is 2. The Bertz CT molecular complexity index is 1390. The van der Waals surface area contributed by atoms with Crippen molar-refractivity contribution in [1.29, 1.82) is 0 Å². The van der Waals surface area contributed by atoms with Gasteiger partial charge in [0.05, 0.1) is 10.6 Å². The lowest BCUT2D eigenvalue weighted by atomic mass is 10.1. The van der Waals surface area contributed by atoms with Gasteiger partial charge in [0.2, 0.25) is 11.8 Å². The van der Waals surface area contributed by atoms with Crippen LogP contribution in [-0.2, 0) is 26.2 Å². The Labute approximate surface area is 224 Å². The fraction of sp³-hybridized carbons (Fsp3) is 0.310. The van der Waals surface area contributed by atoms with E-state index >= 15 is 0 Å². The van der Waals surface area contributed by atoms with Gasteiger partial charge in [-0.1, -0.05) is 54.1 Å². The molecule has 0 fully saturated rings. The van der Waals surface area contributed by atoms with Crippen LogP contribution in [0.15, 0.2) is 77.7 Å². The highest BCUT2D eigenvalue weighted by atomic mass is 32.2. The molecule has 1 N–H and O–H groups in total. The highest BCUT2D eigenvalue weighted by Crippen LogP contribution is 2.28. The van der Waals surface area contributed by atoms with E-state index in [2.05, 4.69) is 5.32 Å². The van der Waals surface area contributed by atoms with Gasteiger partial charge in [-0.05, 0) is 64.4 Å². The molecule has 38 heavy (non-hydrogen) atoms. The number of aryl methyl sites for hydroxylation is 2. The number of hydrogen-bond acceptors (Lipinski definition) is 4. The van der Waals surface area contributed by atoms with Crippen LogP contribution in [0.3, 0.4) is 0 Å². The SMILES string of the molecule is Cc1ccc(N(CC(=O)N(Cc2ccccc2F)[C@@H](C)C(=O)NC(C)C)S(=O)(=O)c2ccccc2)c(C)c1. The van der Waals surface area contributed by atoms with E-state index in [0.717, 1.165) is 9.87 Å². The van der Waals surface area contributed by atoms with Gasteiger partial charge in [0.25, 0.3) is 10.0 Å². The maximum Gasteiger partial charge on any atom is 0.264 e. The molecule has 7 nitrogen and oxygen atoms in total. The van der Waals surface area contributed by atoms with E-state index in [0.29, 0.717) is 11.3 Å². The van der Waals surface area contributed by atoms with Gasteiger partial charge in [0.1, 0.15) is 18.4 Å². The van der Waals surface area contributed by atoms with Crippen LogP contribution in [0, 0.1) is 19.7 Å². The molecule has 0 aliphatic heterocycles. The smallest absolute Gasteiger partial charge is 0.264 e. The fourth-order valence-electron chi connectivity index (χ4n) is 4.12. The zero-order valence-electron chi connectivity index (χ0n) is 22.3. The molecule has 0 aliphatic rings. The van der Waals surface area contributed by atoms with Gasteiger partial charge in [-0.25, -0.2) is 12.8 Å². The Hall–Kier alpha value is -3.72. The van der Waals surface area contributed by atoms with Gasteiger partial charge in [-0.2, -0.15) is 0 Å². The molecular weight excluding hydrogens is 505 g/mol. The van der Waals surface area contributed by atoms with Crippen LogP contribution in [0.25, 0.3) is 0 Å². The number of hydrogen-bond donors (Lipinski definition) is 1. The number of anilines is 1. The Morgan fingerprint density at radius 3 is 2.16 bits per heavy atom. The van der Waals surface area contributed by atoms with Crippen LogP contribution >= 0.6 is 0 Å². The number of halogens is 1. The lowest BCUT2D eigenvalue weighted by Gasteiger charge is -2.32. The van der Waals surface area contributed by atoms with Crippen LogP contribution in [0.5, 0.6) is 0 Å². The highest BCUT2D eigenvalue weighted by molar-refractivity contribution is 7.92. The quantitative estimate of drug-likeness (QED) is 0.409. The predicted octanol–water partition coefficient (Wildman–Crippen LogP) is 4.58. The minimum Gasteiger partial charge on any atom is -0.352 e. The Kier molecular flexibility index (Phi) is 9.27. The molecule has 0 spiro atoms. The first-order valence-electron chi connectivity index (χ1n) is 12.4. The number of nitrogens with one attached hydrogen (secondary N) is 1. The zero-order chi connectivity index (χ0) is 28.0. The topological polar surface area (TPSA) is 86.8 Å². The summed E-state index contributed by atoms with van der Waals surface area (Å²) in [6.07, 6.45) is 0. The summed E-state index contributed by atoms with van der Waals surface area (Å²) >= 11 is 0. The summed E-state index contributed by atoms with van der Waals surface area (Å²) in [6, 6.07) is 17.9. The molecule has 0 heterocycles. The molecule has 0 saturated carbocycles. The maximum atomic E-state index is 14.6. The van der Waals surface area contributed by atoms with E-state index in [9.17, 15) is 22.4 Å². The van der Waals surface area contributed by atoms with Crippen molar-refractivity contribution in [3.8, 4) is 0 Å². The highest BCUT2D eigenvalue weighted by Gasteiger charge is 2.33. The van der Waals surface area contributed by atoms with Crippen molar-refractivity contribution in [1.82, 2.24) is 10.2 Å². The molecule has 3 aromatic carbocycles. The molecular formula is C29H34FN3O4S. The Morgan fingerprint density at radius 2 is 1.55 bits per heavy atom. The molecule has 3 aromatic rings. The third kappa shape index (κ3) is 6.77. The fourth-order valence-corrected chi connectivity index (χ4v) is 5.62. The lowest BCUT2D eigenvalue weighted by Crippen LogP contribution is -2.52. The molecule has 0 aromatic heterocycles. The molecule has 1 atom stereocenters. The normalized spacial score (nSPS) is 12.2. The number of sulfonamides is 1. The van der Waals surface area contributed by atoms with Gasteiger partial charge < -0.3 is 10.2 Å². The average Bonchev–Trinajstić information content (AvgIpc) is 2.86. The molecule has 0 bridgehead atoms. The first kappa shape index (κ1) is 28.8. The summed E-state index contributed by atoms with van der Waals surface area (Å²) in [7, 11) is -4.15. The first-order chi connectivity index (χ1) is 17.9. The third-order valence-corrected chi connectivity index (χ3v) is 7.90. The van der Waals surface area contributed by atoms with Gasteiger partial charge >= 0.3 is 0 Å². The van der Waals surface area contributed by atoms with Gasteiger partial charge in [0.15, 0.2) is 0 Å². The van der Waals surface area contributed by atoms with Crippen molar-refractivity contribution in [3.05, 3.63) is 95.3 Å². The Balaban J connectivity index is 2.07. The van der Waals surface area contributed by atoms with E-state index < -0.39 is 40.2 Å². The molecule has 0 saturated heterocycles. The van der Waals surface area contributed by atoms with Crippen LogP contribution in [-0.4, -0.2) is 43.8 Å². The summed E-state index contributed by atoms with van der Waals surface area (Å²) < 4.78 is 43.2. The second-order valence-electron chi connectivity index (χ2n) is 9.57. The minimum atomic E-state index is -4.15. The van der Waals surface area contributed by atoms with Crippen LogP contribution in [0.4, 0.5) is 10.1 Å². The number of amides is 2. The molecule has 0 aliphatic carbocycles. The van der Waals surface area contributed by atoms with E-state index in [1.165, 1.54) is 35.2 Å². The number of benzene rings is 3. The van der Waals surface area contributed by atoms with Gasteiger partial charge in [0, 0.05) is 18.2 Å². The lowest BCUT2D eigenvalue weighted by molar-refractivity contribution is -0.139. The van der Waals surface area contributed by atoms with Gasteiger partial charge in [-0.15, -0.1) is 0 Å². The summed E-state index contributed by atoms with van der Waals surface area (Å²) in [4.78, 5) is 28.0. The average molecular weight is 540 g/mol. The van der Waals surface area contributed by atoms with Crippen molar-refractivity contribution in [2.75, 3.05) is 10.8 Å². The van der Waals surface area contributed by atoms with E-state index in [1.54, 1.807) is 64.1 Å². The Morgan fingerprint density at radius 1 is 0.921 bits per heavy atom. The van der Waals surface area contributed by atoms with E-state index in [1.807, 2.05) is 13.0 Å². The van der Waals surface area contributed by atoms with Gasteiger partial charge in [-0.3, -0.25) is 13.9 Å². The van der Waals surface area contributed by atoms with E-state index in [-0.39, 0.29) is 23.0 Å². The second-order valence-corrected chi connectivity index (χ2v) is 11.4. The molecule has 0 radical (unpaired) electrons. The number of nitrogens with zero attached hydrogens (tertiary/aromatic N) is 2. The monoisotopic (exact) mass is 539 g/mol. The van der Waals surface area contributed by atoms with Crippen LogP contribution in [0.1, 0.15) is 37.5 Å². The van der Waals surface area contributed by atoms with Crippen molar-refractivity contribution in [2.45, 2.75) is 58.1 Å². The van der Waals surface area contributed by atoms with Crippen molar-refractivity contribution >= 4 is 27.5 Å². The summed E-state index contributed by atoms with van der Waals surface area (Å²) in [6.45, 7) is 8.02. The van der Waals surface area contributed by atoms with E-state index in [4.69, 9.17) is 0 Å². The van der Waals surface area contributed by atoms with Crippen molar-refractivity contribution < 1.29 is 22.4 Å². The molecule has 3 rings (SSSR count). The van der Waals surface area contributed by atoms with Crippen molar-refractivity contribution in [2.24, 2.45) is 0 Å².